The van der Waals surface area contributed by atoms with Gasteiger partial charge in [-0.05, 0) is 12.5 Å². The van der Waals surface area contributed by atoms with Crippen molar-refractivity contribution >= 4 is 23.9 Å². The smallest absolute Gasteiger partial charge is 0.409 e. The van der Waals surface area contributed by atoms with Gasteiger partial charge in [-0.25, -0.2) is 14.6 Å². The number of amidine groups is 1. The van der Waals surface area contributed by atoms with Gasteiger partial charge in [0.2, 0.25) is 0 Å². The Kier molecular flexibility index (Phi) is 6.08. The van der Waals surface area contributed by atoms with Crippen LogP contribution < -0.4 is 5.32 Å². The maximum absolute atomic E-state index is 12.7. The molecule has 0 aromatic heterocycles. The minimum Gasteiger partial charge on any atom is -0.450 e. The molecule has 3 heterocycles. The van der Waals surface area contributed by atoms with Crippen LogP contribution in [0.25, 0.3) is 0 Å². The van der Waals surface area contributed by atoms with Crippen LogP contribution in [0.1, 0.15) is 12.5 Å². The van der Waals surface area contributed by atoms with Crippen LogP contribution in [0.3, 0.4) is 0 Å². The number of hydrogen-bond acceptors (Lipinski definition) is 7. The zero-order valence-corrected chi connectivity index (χ0v) is 17.9. The molecule has 0 saturated carbocycles. The third-order valence-corrected chi connectivity index (χ3v) is 5.91. The number of urea groups is 1. The van der Waals surface area contributed by atoms with E-state index >= 15 is 0 Å². The van der Waals surface area contributed by atoms with Crippen LogP contribution in [0.2, 0.25) is 0 Å². The van der Waals surface area contributed by atoms with Gasteiger partial charge < -0.3 is 19.4 Å². The average molecular weight is 428 g/mol. The van der Waals surface area contributed by atoms with Crippen molar-refractivity contribution in [1.82, 2.24) is 24.9 Å². The number of nitrogens with one attached hydrogen (secondary N) is 1. The Hall–Kier alpha value is -3.14. The Morgan fingerprint density at radius 2 is 1.84 bits per heavy atom. The molecule has 3 aliphatic rings. The second-order valence-corrected chi connectivity index (χ2v) is 7.88. The van der Waals surface area contributed by atoms with Crippen LogP contribution in [0.5, 0.6) is 0 Å². The Morgan fingerprint density at radius 3 is 2.52 bits per heavy atom. The van der Waals surface area contributed by atoms with E-state index in [0.717, 1.165) is 11.4 Å². The van der Waals surface area contributed by atoms with E-state index in [1.807, 2.05) is 35.2 Å². The topological polar surface area (TPSA) is 97.8 Å². The molecule has 1 aromatic rings. The van der Waals surface area contributed by atoms with Gasteiger partial charge in [0, 0.05) is 39.8 Å². The summed E-state index contributed by atoms with van der Waals surface area (Å²) in [6.07, 6.45) is -0.824. The SMILES string of the molecule is CCOC(=O)N1CCN(CC2=NC3C(C(=O)NC(=O)N3C)N2Cc2ccccc2)CC1. The Balaban J connectivity index is 1.49. The van der Waals surface area contributed by atoms with Crippen LogP contribution >= 0.6 is 0 Å². The number of hydrogen-bond donors (Lipinski definition) is 1. The van der Waals surface area contributed by atoms with Crippen LogP contribution in [0.15, 0.2) is 35.3 Å². The maximum atomic E-state index is 12.7. The second kappa shape index (κ2) is 8.93. The number of aliphatic imine (C=N–C) groups is 1. The summed E-state index contributed by atoms with van der Waals surface area (Å²) in [5.41, 5.74) is 1.07. The van der Waals surface area contributed by atoms with Crippen molar-refractivity contribution in [1.29, 1.82) is 0 Å². The average Bonchev–Trinajstić information content (AvgIpc) is 3.12. The van der Waals surface area contributed by atoms with Gasteiger partial charge in [-0.15, -0.1) is 0 Å². The number of amides is 4. The molecule has 0 spiro atoms. The number of carbonyl (C=O) groups excluding carboxylic acids is 3. The predicted octanol–water partition coefficient (Wildman–Crippen LogP) is 0.551. The van der Waals surface area contributed by atoms with Crippen LogP contribution in [0.4, 0.5) is 9.59 Å². The van der Waals surface area contributed by atoms with E-state index in [4.69, 9.17) is 9.73 Å². The molecule has 10 heteroatoms. The van der Waals surface area contributed by atoms with Crippen LogP contribution in [-0.2, 0) is 16.1 Å². The third kappa shape index (κ3) is 4.34. The lowest BCUT2D eigenvalue weighted by Crippen LogP contribution is -2.63. The van der Waals surface area contributed by atoms with Crippen molar-refractivity contribution in [3.63, 3.8) is 0 Å². The monoisotopic (exact) mass is 428 g/mol. The Bertz CT molecular complexity index is 868. The predicted molar refractivity (Wildman–Crippen MR) is 113 cm³/mol. The minimum atomic E-state index is -0.557. The van der Waals surface area contributed by atoms with Gasteiger partial charge >= 0.3 is 12.1 Å². The fraction of sp³-hybridized carbons (Fsp3) is 0.524. The van der Waals surface area contributed by atoms with E-state index in [1.165, 1.54) is 4.90 Å². The van der Waals surface area contributed by atoms with Gasteiger partial charge in [-0.2, -0.15) is 0 Å². The van der Waals surface area contributed by atoms with E-state index < -0.39 is 18.2 Å². The summed E-state index contributed by atoms with van der Waals surface area (Å²) in [6.45, 7) is 5.77. The highest BCUT2D eigenvalue weighted by molar-refractivity contribution is 6.04. The molecule has 4 rings (SSSR count). The van der Waals surface area contributed by atoms with Gasteiger partial charge in [0.15, 0.2) is 12.2 Å². The summed E-state index contributed by atoms with van der Waals surface area (Å²) in [7, 11) is 1.66. The fourth-order valence-electron chi connectivity index (χ4n) is 4.19. The van der Waals surface area contributed by atoms with Crippen molar-refractivity contribution in [2.75, 3.05) is 46.4 Å². The van der Waals surface area contributed by atoms with Crippen molar-refractivity contribution in [2.45, 2.75) is 25.7 Å². The van der Waals surface area contributed by atoms with Gasteiger partial charge in [-0.3, -0.25) is 15.0 Å². The number of likely N-dealkylation sites (N-methyl/N-ethyl adjacent to an activating group) is 1. The summed E-state index contributed by atoms with van der Waals surface area (Å²) in [5, 5.41) is 2.43. The molecule has 2 fully saturated rings. The normalized spacial score (nSPS) is 24.1. The molecule has 10 nitrogen and oxygen atoms in total. The molecule has 1 N–H and O–H groups in total. The number of imide groups is 1. The number of benzene rings is 1. The summed E-state index contributed by atoms with van der Waals surface area (Å²) < 4.78 is 5.09. The fourth-order valence-corrected chi connectivity index (χ4v) is 4.19. The molecule has 31 heavy (non-hydrogen) atoms. The summed E-state index contributed by atoms with van der Waals surface area (Å²) >= 11 is 0. The molecule has 2 saturated heterocycles. The highest BCUT2D eigenvalue weighted by Crippen LogP contribution is 2.26. The molecule has 0 aliphatic carbocycles. The van der Waals surface area contributed by atoms with Gasteiger partial charge in [-0.1, -0.05) is 30.3 Å². The van der Waals surface area contributed by atoms with Gasteiger partial charge in [0.25, 0.3) is 5.91 Å². The lowest BCUT2D eigenvalue weighted by Gasteiger charge is -2.38. The first-order valence-electron chi connectivity index (χ1n) is 10.6. The van der Waals surface area contributed by atoms with Crippen LogP contribution in [0, 0.1) is 0 Å². The molecule has 3 aliphatic heterocycles. The molecular weight excluding hydrogens is 400 g/mol. The lowest BCUT2D eigenvalue weighted by molar-refractivity contribution is -0.127. The van der Waals surface area contributed by atoms with E-state index in [1.54, 1.807) is 18.9 Å². The number of piperazine rings is 1. The molecular formula is C21H28N6O4. The van der Waals surface area contributed by atoms with E-state index in [2.05, 4.69) is 10.2 Å². The van der Waals surface area contributed by atoms with Gasteiger partial charge in [0.1, 0.15) is 5.84 Å². The number of rotatable bonds is 5. The molecule has 0 radical (unpaired) electrons. The number of ether oxygens (including phenoxy) is 1. The highest BCUT2D eigenvalue weighted by Gasteiger charge is 2.48. The number of nitrogens with zero attached hydrogens (tertiary/aromatic N) is 5. The van der Waals surface area contributed by atoms with Crippen molar-refractivity contribution < 1.29 is 19.1 Å². The first-order chi connectivity index (χ1) is 15.0. The molecule has 166 valence electrons. The zero-order valence-electron chi connectivity index (χ0n) is 17.9. The third-order valence-electron chi connectivity index (χ3n) is 5.91. The van der Waals surface area contributed by atoms with Crippen molar-refractivity contribution in [3.05, 3.63) is 35.9 Å². The molecule has 4 amide bonds. The maximum Gasteiger partial charge on any atom is 0.409 e. The second-order valence-electron chi connectivity index (χ2n) is 7.88. The van der Waals surface area contributed by atoms with Gasteiger partial charge in [0.05, 0.1) is 13.2 Å². The highest BCUT2D eigenvalue weighted by atomic mass is 16.6. The molecule has 2 unspecified atom stereocenters. The number of fused-ring (bicyclic) bond motifs is 1. The van der Waals surface area contributed by atoms with E-state index in [-0.39, 0.29) is 12.0 Å². The zero-order chi connectivity index (χ0) is 22.0. The summed E-state index contributed by atoms with van der Waals surface area (Å²) in [6, 6.07) is 8.92. The van der Waals surface area contributed by atoms with E-state index in [9.17, 15) is 14.4 Å². The summed E-state index contributed by atoms with van der Waals surface area (Å²) in [5.74, 6) is 0.454. The lowest BCUT2D eigenvalue weighted by atomic mass is 10.1. The molecule has 0 bridgehead atoms. The first-order valence-corrected chi connectivity index (χ1v) is 10.6. The van der Waals surface area contributed by atoms with Crippen LogP contribution in [-0.4, -0.2) is 102 Å². The Morgan fingerprint density at radius 1 is 1.13 bits per heavy atom. The minimum absolute atomic E-state index is 0.283. The Labute approximate surface area is 181 Å². The molecule has 1 aromatic carbocycles. The van der Waals surface area contributed by atoms with Crippen molar-refractivity contribution in [2.24, 2.45) is 4.99 Å². The standard InChI is InChI=1S/C21H28N6O4/c1-3-31-21(30)26-11-9-25(10-12-26)14-16-22-18-17(19(28)23-20(29)24(18)2)27(16)13-15-7-5-4-6-8-15/h4-8,17-18H,3,9-14H2,1-2H3,(H,23,28,29). The summed E-state index contributed by atoms with van der Waals surface area (Å²) in [4.78, 5) is 48.9. The largest absolute Gasteiger partial charge is 0.450 e. The first kappa shape index (κ1) is 21.1. The van der Waals surface area contributed by atoms with Crippen molar-refractivity contribution in [3.8, 4) is 0 Å². The quantitative estimate of drug-likeness (QED) is 0.736. The van der Waals surface area contributed by atoms with E-state index in [0.29, 0.717) is 45.9 Å². The molecule has 2 atom stereocenters. The number of carbonyl (C=O) groups is 3.